The highest BCUT2D eigenvalue weighted by molar-refractivity contribution is 7.92. The summed E-state index contributed by atoms with van der Waals surface area (Å²) in [5.41, 5.74) is 0.747. The maximum absolute atomic E-state index is 13.5. The van der Waals surface area contributed by atoms with E-state index in [0.29, 0.717) is 23.4 Å². The van der Waals surface area contributed by atoms with Gasteiger partial charge in [0.2, 0.25) is 0 Å². The minimum atomic E-state index is -3.85. The summed E-state index contributed by atoms with van der Waals surface area (Å²) in [5.74, 6) is -0.676. The predicted molar refractivity (Wildman–Crippen MR) is 124 cm³/mol. The molecule has 2 atom stereocenters. The minimum absolute atomic E-state index is 0.0299. The summed E-state index contributed by atoms with van der Waals surface area (Å²) >= 11 is 0. The van der Waals surface area contributed by atoms with Crippen molar-refractivity contribution in [3.05, 3.63) is 54.1 Å². The van der Waals surface area contributed by atoms with Gasteiger partial charge in [0.15, 0.2) is 9.84 Å². The largest absolute Gasteiger partial charge is 0.497 e. The van der Waals surface area contributed by atoms with Gasteiger partial charge in [-0.3, -0.25) is 0 Å². The molecule has 0 spiro atoms. The second kappa shape index (κ2) is 12.2. The molecule has 0 aliphatic carbocycles. The van der Waals surface area contributed by atoms with E-state index in [0.717, 1.165) is 25.5 Å². The van der Waals surface area contributed by atoms with Gasteiger partial charge in [-0.1, -0.05) is 38.3 Å². The fourth-order valence-electron chi connectivity index (χ4n) is 3.54. The number of unbranched alkanes of at least 4 members (excludes halogenated alkanes) is 2. The summed E-state index contributed by atoms with van der Waals surface area (Å²) in [5, 5.41) is 2.06. The standard InChI is InChI=1S/C24H31NO6S/c1-4-5-6-9-18(17-26)23(32(28,29)20-14-12-19(30-2)13-15-20)16-25-22-11-8-7-10-21(22)24(27)31-3/h7-8,10-15,17-18,23,25H,4-6,9,16H2,1-3H3. The monoisotopic (exact) mass is 461 g/mol. The molecule has 2 aromatic rings. The number of carbonyl (C=O) groups excluding carboxylic acids is 2. The Morgan fingerprint density at radius 3 is 2.34 bits per heavy atom. The van der Waals surface area contributed by atoms with E-state index in [-0.39, 0.29) is 11.4 Å². The van der Waals surface area contributed by atoms with Crippen molar-refractivity contribution in [1.82, 2.24) is 0 Å². The highest BCUT2D eigenvalue weighted by Gasteiger charge is 2.34. The molecule has 0 heterocycles. The van der Waals surface area contributed by atoms with E-state index >= 15 is 0 Å². The minimum Gasteiger partial charge on any atom is -0.497 e. The first-order valence-electron chi connectivity index (χ1n) is 10.6. The first-order valence-corrected chi connectivity index (χ1v) is 12.2. The van der Waals surface area contributed by atoms with Gasteiger partial charge in [-0.05, 0) is 42.8 Å². The third-order valence-electron chi connectivity index (χ3n) is 5.41. The van der Waals surface area contributed by atoms with Crippen LogP contribution in [0.3, 0.4) is 0 Å². The lowest BCUT2D eigenvalue weighted by atomic mass is 9.98. The Hall–Kier alpha value is -2.87. The summed E-state index contributed by atoms with van der Waals surface area (Å²) in [6.07, 6.45) is 3.84. The van der Waals surface area contributed by atoms with Crippen LogP contribution < -0.4 is 10.1 Å². The summed E-state index contributed by atoms with van der Waals surface area (Å²) in [6, 6.07) is 12.8. The van der Waals surface area contributed by atoms with Crippen LogP contribution in [0.1, 0.15) is 43.0 Å². The number of esters is 1. The van der Waals surface area contributed by atoms with E-state index in [2.05, 4.69) is 5.32 Å². The molecule has 2 unspecified atom stereocenters. The third kappa shape index (κ3) is 6.32. The van der Waals surface area contributed by atoms with E-state index in [1.165, 1.54) is 26.4 Å². The van der Waals surface area contributed by atoms with Crippen molar-refractivity contribution in [2.75, 3.05) is 26.1 Å². The molecule has 8 heteroatoms. The molecular weight excluding hydrogens is 430 g/mol. The molecule has 0 aliphatic rings. The molecule has 0 fully saturated rings. The number of aldehydes is 1. The number of para-hydroxylation sites is 1. The number of ether oxygens (including phenoxy) is 2. The fraction of sp³-hybridized carbons (Fsp3) is 0.417. The van der Waals surface area contributed by atoms with Crippen LogP contribution in [0.2, 0.25) is 0 Å². The van der Waals surface area contributed by atoms with Gasteiger partial charge in [0.25, 0.3) is 0 Å². The van der Waals surface area contributed by atoms with Crippen molar-refractivity contribution in [2.45, 2.75) is 42.8 Å². The molecule has 0 bridgehead atoms. The van der Waals surface area contributed by atoms with Crippen molar-refractivity contribution in [3.63, 3.8) is 0 Å². The lowest BCUT2D eigenvalue weighted by Gasteiger charge is -2.25. The number of methoxy groups -OCH3 is 2. The van der Waals surface area contributed by atoms with E-state index in [1.807, 2.05) is 6.92 Å². The number of hydrogen-bond acceptors (Lipinski definition) is 7. The summed E-state index contributed by atoms with van der Waals surface area (Å²) in [6.45, 7) is 2.02. The molecule has 7 nitrogen and oxygen atoms in total. The van der Waals surface area contributed by atoms with Gasteiger partial charge in [0.05, 0.1) is 29.9 Å². The van der Waals surface area contributed by atoms with E-state index in [9.17, 15) is 18.0 Å². The SMILES string of the molecule is CCCCCC(C=O)C(CNc1ccccc1C(=O)OC)S(=O)(=O)c1ccc(OC)cc1. The molecule has 0 aliphatic heterocycles. The number of anilines is 1. The zero-order valence-corrected chi connectivity index (χ0v) is 19.6. The highest BCUT2D eigenvalue weighted by Crippen LogP contribution is 2.27. The first-order chi connectivity index (χ1) is 15.4. The average molecular weight is 462 g/mol. The van der Waals surface area contributed by atoms with E-state index in [4.69, 9.17) is 9.47 Å². The number of carbonyl (C=O) groups is 2. The van der Waals surface area contributed by atoms with Crippen molar-refractivity contribution in [2.24, 2.45) is 5.92 Å². The van der Waals surface area contributed by atoms with Crippen LogP contribution in [-0.2, 0) is 19.4 Å². The Bertz CT molecular complexity index is 988. The predicted octanol–water partition coefficient (Wildman–Crippen LogP) is 4.13. The van der Waals surface area contributed by atoms with Crippen LogP contribution in [0.15, 0.2) is 53.4 Å². The van der Waals surface area contributed by atoms with Crippen molar-refractivity contribution < 1.29 is 27.5 Å². The average Bonchev–Trinajstić information content (AvgIpc) is 2.82. The smallest absolute Gasteiger partial charge is 0.339 e. The maximum atomic E-state index is 13.5. The van der Waals surface area contributed by atoms with Gasteiger partial charge < -0.3 is 19.6 Å². The molecule has 0 radical (unpaired) electrons. The number of nitrogens with one attached hydrogen (secondary N) is 1. The number of hydrogen-bond donors (Lipinski definition) is 1. The lowest BCUT2D eigenvalue weighted by molar-refractivity contribution is -0.111. The number of rotatable bonds is 13. The summed E-state index contributed by atoms with van der Waals surface area (Å²) < 4.78 is 37.0. The van der Waals surface area contributed by atoms with Crippen molar-refractivity contribution in [3.8, 4) is 5.75 Å². The lowest BCUT2D eigenvalue weighted by Crippen LogP contribution is -2.37. The summed E-state index contributed by atoms with van der Waals surface area (Å²) in [4.78, 5) is 24.2. The molecule has 1 N–H and O–H groups in total. The normalized spacial score (nSPS) is 13.1. The van der Waals surface area contributed by atoms with Gasteiger partial charge in [-0.25, -0.2) is 13.2 Å². The van der Waals surface area contributed by atoms with Crippen LogP contribution in [0.4, 0.5) is 5.69 Å². The van der Waals surface area contributed by atoms with Crippen LogP contribution in [0, 0.1) is 5.92 Å². The fourth-order valence-corrected chi connectivity index (χ4v) is 5.37. The van der Waals surface area contributed by atoms with Gasteiger partial charge in [-0.15, -0.1) is 0 Å². The van der Waals surface area contributed by atoms with Crippen LogP contribution >= 0.6 is 0 Å². The van der Waals surface area contributed by atoms with Gasteiger partial charge in [0, 0.05) is 18.2 Å². The van der Waals surface area contributed by atoms with Crippen LogP contribution in [-0.4, -0.2) is 46.7 Å². The van der Waals surface area contributed by atoms with Crippen molar-refractivity contribution >= 4 is 27.8 Å². The molecule has 0 amide bonds. The molecule has 0 saturated carbocycles. The number of benzene rings is 2. The third-order valence-corrected chi connectivity index (χ3v) is 7.65. The first kappa shape index (κ1) is 25.4. The van der Waals surface area contributed by atoms with E-state index in [1.54, 1.807) is 36.4 Å². The van der Waals surface area contributed by atoms with Crippen LogP contribution in [0.25, 0.3) is 0 Å². The molecule has 32 heavy (non-hydrogen) atoms. The van der Waals surface area contributed by atoms with Crippen LogP contribution in [0.5, 0.6) is 5.75 Å². The Balaban J connectivity index is 2.38. The number of sulfone groups is 1. The molecule has 2 rings (SSSR count). The van der Waals surface area contributed by atoms with Gasteiger partial charge >= 0.3 is 5.97 Å². The zero-order chi connectivity index (χ0) is 23.6. The molecular formula is C24H31NO6S. The Kier molecular flexibility index (Phi) is 9.71. The molecule has 174 valence electrons. The Labute approximate surface area is 190 Å². The highest BCUT2D eigenvalue weighted by atomic mass is 32.2. The summed E-state index contributed by atoms with van der Waals surface area (Å²) in [7, 11) is -1.06. The maximum Gasteiger partial charge on any atom is 0.339 e. The van der Waals surface area contributed by atoms with E-state index < -0.39 is 27.0 Å². The zero-order valence-electron chi connectivity index (χ0n) is 18.7. The topological polar surface area (TPSA) is 98.8 Å². The Morgan fingerprint density at radius 1 is 1.06 bits per heavy atom. The quantitative estimate of drug-likeness (QED) is 0.272. The second-order valence-electron chi connectivity index (χ2n) is 7.47. The molecule has 0 saturated heterocycles. The van der Waals surface area contributed by atoms with Gasteiger partial charge in [0.1, 0.15) is 12.0 Å². The molecule has 2 aromatic carbocycles. The second-order valence-corrected chi connectivity index (χ2v) is 9.64. The Morgan fingerprint density at radius 2 is 1.75 bits per heavy atom. The molecule has 0 aromatic heterocycles. The van der Waals surface area contributed by atoms with Crippen molar-refractivity contribution in [1.29, 1.82) is 0 Å². The van der Waals surface area contributed by atoms with Gasteiger partial charge in [-0.2, -0.15) is 0 Å².